The van der Waals surface area contributed by atoms with Crippen LogP contribution in [0.5, 0.6) is 0 Å². The number of benzene rings is 1. The van der Waals surface area contributed by atoms with Crippen LogP contribution in [0, 0.1) is 17.0 Å². The van der Waals surface area contributed by atoms with Crippen LogP contribution < -0.4 is 4.90 Å². The van der Waals surface area contributed by atoms with Gasteiger partial charge in [-0.3, -0.25) is 14.9 Å². The minimum absolute atomic E-state index is 0.0265. The normalized spacial score (nSPS) is 14.4. The molecule has 1 aliphatic rings. The molecule has 136 valence electrons. The molecule has 8 heteroatoms. The lowest BCUT2D eigenvalue weighted by Gasteiger charge is -2.35. The van der Waals surface area contributed by atoms with E-state index in [0.29, 0.717) is 49.0 Å². The molecule has 0 N–H and O–H groups in total. The molecule has 1 fully saturated rings. The molecule has 0 radical (unpaired) electrons. The maximum Gasteiger partial charge on any atom is 0.314 e. The van der Waals surface area contributed by atoms with Gasteiger partial charge in [0.1, 0.15) is 0 Å². The van der Waals surface area contributed by atoms with E-state index in [1.165, 1.54) is 0 Å². The lowest BCUT2D eigenvalue weighted by molar-refractivity contribution is -0.384. The summed E-state index contributed by atoms with van der Waals surface area (Å²) in [6.07, 6.45) is 1.87. The van der Waals surface area contributed by atoms with Gasteiger partial charge in [0, 0.05) is 43.0 Å². The van der Waals surface area contributed by atoms with Crippen molar-refractivity contribution in [1.82, 2.24) is 9.88 Å². The predicted molar refractivity (Wildman–Crippen MR) is 99.6 cm³/mol. The van der Waals surface area contributed by atoms with Crippen LogP contribution in [0.1, 0.15) is 11.1 Å². The monoisotopic (exact) mass is 374 g/mol. The Kier molecular flexibility index (Phi) is 5.37. The second-order valence-electron chi connectivity index (χ2n) is 6.23. The van der Waals surface area contributed by atoms with Crippen molar-refractivity contribution in [2.75, 3.05) is 31.1 Å². The van der Waals surface area contributed by atoms with E-state index in [1.54, 1.807) is 36.2 Å². The highest BCUT2D eigenvalue weighted by atomic mass is 35.5. The van der Waals surface area contributed by atoms with Gasteiger partial charge in [0.2, 0.25) is 11.7 Å². The van der Waals surface area contributed by atoms with Crippen LogP contribution in [0.2, 0.25) is 5.02 Å². The van der Waals surface area contributed by atoms with Crippen LogP contribution in [0.15, 0.2) is 36.5 Å². The molecule has 1 aliphatic heterocycles. The van der Waals surface area contributed by atoms with E-state index in [-0.39, 0.29) is 11.6 Å². The minimum Gasteiger partial charge on any atom is -0.347 e. The molecular weight excluding hydrogens is 356 g/mol. The molecule has 0 aliphatic carbocycles. The van der Waals surface area contributed by atoms with Crippen LogP contribution in [0.3, 0.4) is 0 Å². The van der Waals surface area contributed by atoms with Crippen molar-refractivity contribution in [2.45, 2.75) is 13.3 Å². The molecule has 1 aromatic heterocycles. The van der Waals surface area contributed by atoms with Crippen molar-refractivity contribution in [3.8, 4) is 0 Å². The number of anilines is 1. The van der Waals surface area contributed by atoms with E-state index in [1.807, 2.05) is 17.0 Å². The number of halogens is 1. The lowest BCUT2D eigenvalue weighted by atomic mass is 10.1. The summed E-state index contributed by atoms with van der Waals surface area (Å²) in [4.78, 5) is 31.3. The lowest BCUT2D eigenvalue weighted by Crippen LogP contribution is -2.49. The number of pyridine rings is 1. The minimum atomic E-state index is -0.395. The second kappa shape index (κ2) is 7.70. The Labute approximate surface area is 156 Å². The first kappa shape index (κ1) is 18.1. The summed E-state index contributed by atoms with van der Waals surface area (Å²) in [5, 5.41) is 12.0. The molecule has 0 saturated carbocycles. The molecule has 0 unspecified atom stereocenters. The zero-order valence-electron chi connectivity index (χ0n) is 14.4. The Bertz CT molecular complexity index is 835. The van der Waals surface area contributed by atoms with Gasteiger partial charge in [-0.1, -0.05) is 23.7 Å². The summed E-state index contributed by atoms with van der Waals surface area (Å²) >= 11 is 5.96. The molecule has 0 atom stereocenters. The number of aromatic nitrogens is 1. The van der Waals surface area contributed by atoms with Gasteiger partial charge in [-0.2, -0.15) is 0 Å². The first-order chi connectivity index (χ1) is 12.5. The van der Waals surface area contributed by atoms with Crippen molar-refractivity contribution >= 4 is 29.0 Å². The maximum atomic E-state index is 12.5. The zero-order valence-corrected chi connectivity index (χ0v) is 15.1. The Morgan fingerprint density at radius 2 is 2.00 bits per heavy atom. The van der Waals surface area contributed by atoms with Gasteiger partial charge in [-0.15, -0.1) is 0 Å². The van der Waals surface area contributed by atoms with E-state index in [0.717, 1.165) is 5.56 Å². The Morgan fingerprint density at radius 1 is 1.27 bits per heavy atom. The second-order valence-corrected chi connectivity index (χ2v) is 6.67. The molecular formula is C18H19ClN4O3. The third kappa shape index (κ3) is 3.94. The molecule has 1 aromatic carbocycles. The molecule has 0 spiro atoms. The van der Waals surface area contributed by atoms with Gasteiger partial charge < -0.3 is 9.80 Å². The number of nitro groups is 1. The average molecular weight is 375 g/mol. The van der Waals surface area contributed by atoms with E-state index >= 15 is 0 Å². The van der Waals surface area contributed by atoms with Crippen LogP contribution in [-0.2, 0) is 11.2 Å². The summed E-state index contributed by atoms with van der Waals surface area (Å²) in [5.74, 6) is 0.399. The van der Waals surface area contributed by atoms with Gasteiger partial charge in [0.25, 0.3) is 0 Å². The van der Waals surface area contributed by atoms with Crippen LogP contribution in [0.4, 0.5) is 11.5 Å². The predicted octanol–water partition coefficient (Wildman–Crippen LogP) is 2.84. The number of carbonyl (C=O) groups excluding carboxylic acids is 1. The van der Waals surface area contributed by atoms with Crippen LogP contribution in [-0.4, -0.2) is 46.9 Å². The first-order valence-electron chi connectivity index (χ1n) is 8.33. The highest BCUT2D eigenvalue weighted by molar-refractivity contribution is 6.30. The molecule has 26 heavy (non-hydrogen) atoms. The summed E-state index contributed by atoms with van der Waals surface area (Å²) in [5.41, 5.74) is 1.49. The third-order valence-corrected chi connectivity index (χ3v) is 4.70. The molecule has 1 amide bonds. The fourth-order valence-electron chi connectivity index (χ4n) is 3.09. The summed E-state index contributed by atoms with van der Waals surface area (Å²) in [6.45, 7) is 3.74. The van der Waals surface area contributed by atoms with Gasteiger partial charge in [-0.25, -0.2) is 4.98 Å². The van der Waals surface area contributed by atoms with Gasteiger partial charge >= 0.3 is 5.69 Å². The van der Waals surface area contributed by atoms with Gasteiger partial charge in [0.05, 0.1) is 11.3 Å². The number of hydrogen-bond acceptors (Lipinski definition) is 5. The fourth-order valence-corrected chi connectivity index (χ4v) is 3.31. The highest BCUT2D eigenvalue weighted by Gasteiger charge is 2.28. The number of carbonyl (C=O) groups is 1. The average Bonchev–Trinajstić information content (AvgIpc) is 2.61. The number of piperazine rings is 1. The molecule has 2 heterocycles. The van der Waals surface area contributed by atoms with E-state index in [9.17, 15) is 14.9 Å². The van der Waals surface area contributed by atoms with Gasteiger partial charge in [0.15, 0.2) is 0 Å². The van der Waals surface area contributed by atoms with Crippen molar-refractivity contribution in [3.05, 3.63) is 62.8 Å². The molecule has 7 nitrogen and oxygen atoms in total. The number of hydrogen-bond donors (Lipinski definition) is 0. The summed E-state index contributed by atoms with van der Waals surface area (Å²) in [6, 6.07) is 8.89. The number of rotatable bonds is 4. The molecule has 1 saturated heterocycles. The van der Waals surface area contributed by atoms with Crippen molar-refractivity contribution < 1.29 is 9.72 Å². The quantitative estimate of drug-likeness (QED) is 0.607. The highest BCUT2D eigenvalue weighted by Crippen LogP contribution is 2.29. The summed E-state index contributed by atoms with van der Waals surface area (Å²) < 4.78 is 0. The van der Waals surface area contributed by atoms with Crippen molar-refractivity contribution in [3.63, 3.8) is 0 Å². The molecule has 3 rings (SSSR count). The zero-order chi connectivity index (χ0) is 18.7. The van der Waals surface area contributed by atoms with Gasteiger partial charge in [-0.05, 0) is 30.7 Å². The number of nitrogens with zero attached hydrogens (tertiary/aromatic N) is 4. The first-order valence-corrected chi connectivity index (χ1v) is 8.70. The Balaban J connectivity index is 1.65. The number of aryl methyl sites for hydroxylation is 1. The smallest absolute Gasteiger partial charge is 0.314 e. The number of amides is 1. The topological polar surface area (TPSA) is 79.6 Å². The van der Waals surface area contributed by atoms with Crippen molar-refractivity contribution in [2.24, 2.45) is 0 Å². The van der Waals surface area contributed by atoms with E-state index in [2.05, 4.69) is 4.98 Å². The fraction of sp³-hybridized carbons (Fsp3) is 0.333. The van der Waals surface area contributed by atoms with Crippen LogP contribution in [0.25, 0.3) is 0 Å². The van der Waals surface area contributed by atoms with Crippen LogP contribution >= 0.6 is 11.6 Å². The largest absolute Gasteiger partial charge is 0.347 e. The Hall–Kier alpha value is -2.67. The Morgan fingerprint density at radius 3 is 2.65 bits per heavy atom. The SMILES string of the molecule is Cc1ccnc(N2CCN(C(=O)Cc3cccc(Cl)c3)CC2)c1[N+](=O)[O-]. The third-order valence-electron chi connectivity index (χ3n) is 4.47. The van der Waals surface area contributed by atoms with E-state index in [4.69, 9.17) is 11.6 Å². The van der Waals surface area contributed by atoms with Crippen molar-refractivity contribution in [1.29, 1.82) is 0 Å². The standard InChI is InChI=1S/C18H19ClN4O3/c1-13-5-6-20-18(17(13)23(25)26)22-9-7-21(8-10-22)16(24)12-14-3-2-4-15(19)11-14/h2-6,11H,7-10,12H2,1H3. The maximum absolute atomic E-state index is 12.5. The summed E-state index contributed by atoms with van der Waals surface area (Å²) in [7, 11) is 0. The molecule has 0 bridgehead atoms. The van der Waals surface area contributed by atoms with E-state index < -0.39 is 4.92 Å². The molecule has 2 aromatic rings.